The highest BCUT2D eigenvalue weighted by molar-refractivity contribution is 7.52. The highest BCUT2D eigenvalue weighted by atomic mass is 31.2. The van der Waals surface area contributed by atoms with Crippen LogP contribution in [0.3, 0.4) is 0 Å². The summed E-state index contributed by atoms with van der Waals surface area (Å²) in [5, 5.41) is 29.4. The summed E-state index contributed by atoms with van der Waals surface area (Å²) < 4.78 is 38.2. The third-order valence-electron chi connectivity index (χ3n) is 7.32. The van der Waals surface area contributed by atoms with Gasteiger partial charge >= 0.3 is 19.4 Å². The van der Waals surface area contributed by atoms with Crippen LogP contribution in [0, 0.1) is 0 Å². The lowest BCUT2D eigenvalue weighted by Crippen LogP contribution is -2.46. The van der Waals surface area contributed by atoms with Crippen LogP contribution in [0.15, 0.2) is 99.8 Å². The molecule has 2 heterocycles. The summed E-state index contributed by atoms with van der Waals surface area (Å²) in [4.78, 5) is 41.9. The number of esters is 1. The molecule has 3 aromatic carbocycles. The van der Waals surface area contributed by atoms with Crippen molar-refractivity contribution in [1.82, 2.24) is 14.6 Å². The van der Waals surface area contributed by atoms with Crippen LogP contribution in [0.4, 0.5) is 0 Å². The van der Waals surface area contributed by atoms with Crippen LogP contribution in [0.1, 0.15) is 18.7 Å². The van der Waals surface area contributed by atoms with Crippen molar-refractivity contribution >= 4 is 24.5 Å². The molecule has 246 valence electrons. The third kappa shape index (κ3) is 7.45. The van der Waals surface area contributed by atoms with Crippen LogP contribution in [-0.2, 0) is 29.8 Å². The second-order valence-corrected chi connectivity index (χ2v) is 12.2. The Bertz CT molecular complexity index is 1940. The Morgan fingerprint density at radius 1 is 1.13 bits per heavy atom. The number of ether oxygens (including phenoxy) is 2. The molecular weight excluding hydrogens is 635 g/mol. The van der Waals surface area contributed by atoms with Gasteiger partial charge in [0.15, 0.2) is 6.23 Å². The predicted octanol–water partition coefficient (Wildman–Crippen LogP) is 2.91. The van der Waals surface area contributed by atoms with Crippen molar-refractivity contribution < 1.29 is 38.1 Å². The first-order valence-corrected chi connectivity index (χ1v) is 15.9. The fourth-order valence-corrected chi connectivity index (χ4v) is 6.60. The Labute approximate surface area is 266 Å². The summed E-state index contributed by atoms with van der Waals surface area (Å²) in [5.41, 5.74) is 5.91. The van der Waals surface area contributed by atoms with Gasteiger partial charge in [0, 0.05) is 22.6 Å². The fourth-order valence-electron chi connectivity index (χ4n) is 5.06. The van der Waals surface area contributed by atoms with Crippen molar-refractivity contribution in [2.75, 3.05) is 13.2 Å². The monoisotopic (exact) mass is 666 g/mol. The molecule has 0 radical (unpaired) electrons. The average Bonchev–Trinajstić information content (AvgIpc) is 3.30. The molecule has 47 heavy (non-hydrogen) atoms. The SMILES string of the molecule is CCOC(=O)[C@H](Cc1ccccc1)NP(=O)(OC[C@@]1(N=[N+]=[N-])O[C@@H](n2ccc(=O)[nH]c2=O)[C@H](O)[C@@H]1O)Oc1cccc2ccccc12. The molecule has 17 heteroatoms. The number of aliphatic hydroxyl groups is 2. The molecule has 1 fully saturated rings. The number of aromatic amines is 1. The van der Waals surface area contributed by atoms with Crippen molar-refractivity contribution in [3.8, 4) is 5.75 Å². The number of fused-ring (bicyclic) bond motifs is 1. The number of azide groups is 1. The Kier molecular flexibility index (Phi) is 10.2. The summed E-state index contributed by atoms with van der Waals surface area (Å²) in [5.74, 6) is -0.666. The lowest BCUT2D eigenvalue weighted by Gasteiger charge is -2.30. The molecule has 4 aromatic rings. The number of hydrogen-bond donors (Lipinski definition) is 4. The number of H-pyrrole nitrogens is 1. The van der Waals surface area contributed by atoms with Gasteiger partial charge < -0.3 is 24.2 Å². The number of nitrogens with zero attached hydrogens (tertiary/aromatic N) is 4. The van der Waals surface area contributed by atoms with Crippen molar-refractivity contribution in [3.05, 3.63) is 122 Å². The first-order valence-electron chi connectivity index (χ1n) is 14.4. The van der Waals surface area contributed by atoms with Gasteiger partial charge in [-0.25, -0.2) is 9.36 Å². The summed E-state index contributed by atoms with van der Waals surface area (Å²) in [7, 11) is -4.71. The molecule has 0 bridgehead atoms. The van der Waals surface area contributed by atoms with Gasteiger partial charge in [-0.2, -0.15) is 5.09 Å². The first-order chi connectivity index (χ1) is 22.6. The van der Waals surface area contributed by atoms with E-state index in [9.17, 15) is 34.7 Å². The standard InChI is InChI=1S/C30H31N6O10P/c1-2-43-28(40)22(17-19-9-4-3-5-10-19)33-47(42,46-23-14-8-12-20-11-6-7-13-21(20)23)44-18-30(34-35-31)26(39)25(38)27(45-30)36-16-15-24(37)32-29(36)41/h3-16,22,25-27,38-39H,2,17-18H2,1H3,(H,33,42)(H,32,37,41)/t22-,25+,26-,27+,30+,47?/m0/s1. The highest BCUT2D eigenvalue weighted by Crippen LogP contribution is 2.49. The van der Waals surface area contributed by atoms with Crippen LogP contribution in [0.25, 0.3) is 21.2 Å². The van der Waals surface area contributed by atoms with Crippen LogP contribution < -0.4 is 20.9 Å². The molecule has 4 N–H and O–H groups in total. The second-order valence-electron chi connectivity index (χ2n) is 10.5. The van der Waals surface area contributed by atoms with Crippen molar-refractivity contribution in [2.45, 2.75) is 43.5 Å². The predicted molar refractivity (Wildman–Crippen MR) is 167 cm³/mol. The molecular formula is C30H31N6O10P. The van der Waals surface area contributed by atoms with E-state index in [1.165, 1.54) is 6.07 Å². The number of benzene rings is 3. The van der Waals surface area contributed by atoms with Gasteiger partial charge in [-0.3, -0.25) is 23.7 Å². The maximum atomic E-state index is 14.7. The molecule has 1 saturated heterocycles. The van der Waals surface area contributed by atoms with E-state index in [1.807, 2.05) is 4.98 Å². The Balaban J connectivity index is 1.52. The first kappa shape index (κ1) is 33.6. The highest BCUT2D eigenvalue weighted by Gasteiger charge is 2.56. The number of aromatic nitrogens is 2. The van der Waals surface area contributed by atoms with Gasteiger partial charge in [-0.1, -0.05) is 71.8 Å². The third-order valence-corrected chi connectivity index (χ3v) is 8.85. The lowest BCUT2D eigenvalue weighted by atomic mass is 10.1. The second kappa shape index (κ2) is 14.3. The van der Waals surface area contributed by atoms with E-state index in [2.05, 4.69) is 15.1 Å². The quantitative estimate of drug-likeness (QED) is 0.0533. The molecule has 6 atom stereocenters. The van der Waals surface area contributed by atoms with Gasteiger partial charge in [-0.05, 0) is 35.9 Å². The summed E-state index contributed by atoms with van der Waals surface area (Å²) in [6.45, 7) is 0.627. The topological polar surface area (TPSA) is 227 Å². The molecule has 16 nitrogen and oxygen atoms in total. The Hall–Kier alpha value is -4.79. The van der Waals surface area contributed by atoms with Gasteiger partial charge in [0.2, 0.25) is 5.72 Å². The molecule has 1 aliphatic rings. The number of hydrogen-bond acceptors (Lipinski definition) is 11. The van der Waals surface area contributed by atoms with Crippen LogP contribution >= 0.6 is 7.75 Å². The molecule has 0 spiro atoms. The van der Waals surface area contributed by atoms with Crippen molar-refractivity contribution in [1.29, 1.82) is 0 Å². The molecule has 5 rings (SSSR count). The van der Waals surface area contributed by atoms with E-state index in [1.54, 1.807) is 73.7 Å². The maximum absolute atomic E-state index is 14.7. The number of carbonyl (C=O) groups is 1. The molecule has 0 aliphatic carbocycles. The van der Waals surface area contributed by atoms with Gasteiger partial charge in [0.25, 0.3) is 5.56 Å². The zero-order valence-corrected chi connectivity index (χ0v) is 25.8. The van der Waals surface area contributed by atoms with Gasteiger partial charge in [-0.15, -0.1) is 0 Å². The molecule has 1 aliphatic heterocycles. The number of carbonyl (C=O) groups excluding carboxylic acids is 1. The zero-order chi connectivity index (χ0) is 33.6. The smallest absolute Gasteiger partial charge is 0.459 e. The van der Waals surface area contributed by atoms with E-state index < -0.39 is 61.8 Å². The van der Waals surface area contributed by atoms with Crippen LogP contribution in [0.2, 0.25) is 0 Å². The van der Waals surface area contributed by atoms with E-state index in [4.69, 9.17) is 18.5 Å². The molecule has 0 saturated carbocycles. The average molecular weight is 667 g/mol. The number of nitrogens with one attached hydrogen (secondary N) is 2. The largest absolute Gasteiger partial charge is 0.465 e. The summed E-state index contributed by atoms with van der Waals surface area (Å²) in [6, 6.07) is 20.6. The van der Waals surface area contributed by atoms with Crippen molar-refractivity contribution in [2.24, 2.45) is 5.11 Å². The maximum Gasteiger partial charge on any atom is 0.459 e. The summed E-state index contributed by atoms with van der Waals surface area (Å²) in [6.07, 6.45) is -4.57. The van der Waals surface area contributed by atoms with E-state index >= 15 is 0 Å². The molecule has 1 aromatic heterocycles. The van der Waals surface area contributed by atoms with E-state index in [0.29, 0.717) is 10.9 Å². The number of aliphatic hydroxyl groups excluding tert-OH is 2. The minimum absolute atomic E-state index is 0.00243. The lowest BCUT2D eigenvalue weighted by molar-refractivity contribution is -0.145. The minimum atomic E-state index is -4.71. The Morgan fingerprint density at radius 3 is 2.57 bits per heavy atom. The fraction of sp³-hybridized carbons (Fsp3) is 0.300. The van der Waals surface area contributed by atoms with Gasteiger partial charge in [0.1, 0.15) is 24.0 Å². The minimum Gasteiger partial charge on any atom is -0.465 e. The normalized spacial score (nSPS) is 22.6. The molecule has 0 amide bonds. The molecule has 1 unspecified atom stereocenters. The van der Waals surface area contributed by atoms with E-state index in [0.717, 1.165) is 22.2 Å². The van der Waals surface area contributed by atoms with E-state index in [-0.39, 0.29) is 18.8 Å². The van der Waals surface area contributed by atoms with Crippen molar-refractivity contribution in [3.63, 3.8) is 0 Å². The van der Waals surface area contributed by atoms with Crippen LogP contribution in [0.5, 0.6) is 5.75 Å². The zero-order valence-electron chi connectivity index (χ0n) is 24.9. The van der Waals surface area contributed by atoms with Crippen LogP contribution in [-0.4, -0.2) is 62.9 Å². The van der Waals surface area contributed by atoms with Gasteiger partial charge in [0.05, 0.1) is 13.2 Å². The number of rotatable bonds is 13. The Morgan fingerprint density at radius 2 is 1.85 bits per heavy atom. The summed E-state index contributed by atoms with van der Waals surface area (Å²) >= 11 is 0.